The van der Waals surface area contributed by atoms with Gasteiger partial charge in [0.1, 0.15) is 6.04 Å². The molecule has 0 aromatic heterocycles. The second-order valence-electron chi connectivity index (χ2n) is 5.77. The van der Waals surface area contributed by atoms with Crippen LogP contribution in [-0.2, 0) is 4.74 Å². The summed E-state index contributed by atoms with van der Waals surface area (Å²) in [5.41, 5.74) is 0. The molecule has 0 bridgehead atoms. The molecule has 1 rings (SSSR count). The second-order valence-corrected chi connectivity index (χ2v) is 5.77. The van der Waals surface area contributed by atoms with Crippen molar-refractivity contribution in [1.29, 1.82) is 0 Å². The summed E-state index contributed by atoms with van der Waals surface area (Å²) in [7, 11) is 3.40. The molecule has 1 N–H and O–H groups in total. The number of alkyl halides is 3. The molecule has 0 aromatic rings. The number of rotatable bonds is 7. The maximum absolute atomic E-state index is 12.7. The highest BCUT2D eigenvalue weighted by molar-refractivity contribution is 5.79. The molecule has 8 heteroatoms. The van der Waals surface area contributed by atoms with E-state index in [4.69, 9.17) is 4.74 Å². The molecule has 1 heterocycles. The maximum Gasteiger partial charge on any atom is 0.403 e. The third kappa shape index (κ3) is 6.95. The van der Waals surface area contributed by atoms with Crippen molar-refractivity contribution in [2.24, 2.45) is 4.99 Å². The van der Waals surface area contributed by atoms with Gasteiger partial charge in [0.25, 0.3) is 0 Å². The average Bonchev–Trinajstić information content (AvgIpc) is 2.53. The van der Waals surface area contributed by atoms with Gasteiger partial charge in [0.15, 0.2) is 5.96 Å². The molecular weight excluding hydrogens is 309 g/mol. The molecule has 0 amide bonds. The van der Waals surface area contributed by atoms with Crippen LogP contribution in [-0.4, -0.2) is 81.5 Å². The van der Waals surface area contributed by atoms with Crippen LogP contribution in [0.25, 0.3) is 0 Å². The van der Waals surface area contributed by atoms with Crippen molar-refractivity contribution >= 4 is 5.96 Å². The summed E-state index contributed by atoms with van der Waals surface area (Å²) in [5, 5.41) is 3.28. The molecule has 1 fully saturated rings. The summed E-state index contributed by atoms with van der Waals surface area (Å²) >= 11 is 0. The smallest absolute Gasteiger partial charge is 0.385 e. The standard InChI is InChI=1S/C15H29F3N4O/c1-13(15(16,17)18)21-8-10-22(11-9-21)14(19-2)20-7-5-4-6-12-23-3/h13H,4-12H2,1-3H3,(H,19,20). The first-order valence-electron chi connectivity index (χ1n) is 8.15. The molecule has 0 saturated carbocycles. The molecule has 136 valence electrons. The summed E-state index contributed by atoms with van der Waals surface area (Å²) < 4.78 is 43.2. The number of ether oxygens (including phenoxy) is 1. The maximum atomic E-state index is 12.7. The Morgan fingerprint density at radius 3 is 2.35 bits per heavy atom. The molecule has 1 aliphatic heterocycles. The molecule has 0 aliphatic carbocycles. The Morgan fingerprint density at radius 1 is 1.17 bits per heavy atom. The minimum absolute atomic E-state index is 0.398. The quantitative estimate of drug-likeness (QED) is 0.438. The topological polar surface area (TPSA) is 40.1 Å². The van der Waals surface area contributed by atoms with Crippen LogP contribution in [0.1, 0.15) is 26.2 Å². The Bertz CT molecular complexity index is 355. The molecular formula is C15H29F3N4O. The van der Waals surface area contributed by atoms with Gasteiger partial charge in [-0.3, -0.25) is 9.89 Å². The average molecular weight is 338 g/mol. The van der Waals surface area contributed by atoms with E-state index in [1.807, 2.05) is 4.90 Å². The van der Waals surface area contributed by atoms with Crippen LogP contribution < -0.4 is 5.32 Å². The fraction of sp³-hybridized carbons (Fsp3) is 0.933. The highest BCUT2D eigenvalue weighted by Gasteiger charge is 2.40. The van der Waals surface area contributed by atoms with Gasteiger partial charge >= 0.3 is 6.18 Å². The zero-order valence-corrected chi connectivity index (χ0v) is 14.3. The van der Waals surface area contributed by atoms with Crippen molar-refractivity contribution in [1.82, 2.24) is 15.1 Å². The summed E-state index contributed by atoms with van der Waals surface area (Å²) in [6.45, 7) is 4.73. The van der Waals surface area contributed by atoms with Gasteiger partial charge in [-0.15, -0.1) is 0 Å². The van der Waals surface area contributed by atoms with E-state index in [9.17, 15) is 13.2 Å². The molecule has 1 atom stereocenters. The molecule has 0 aromatic carbocycles. The zero-order chi connectivity index (χ0) is 17.3. The van der Waals surface area contributed by atoms with Crippen LogP contribution in [0.3, 0.4) is 0 Å². The first kappa shape index (κ1) is 20.0. The van der Waals surface area contributed by atoms with Crippen LogP contribution in [0, 0.1) is 0 Å². The number of aliphatic imine (C=N–C) groups is 1. The SMILES string of the molecule is CN=C(NCCCCCOC)N1CCN(C(C)C(F)(F)F)CC1. The lowest BCUT2D eigenvalue weighted by Gasteiger charge is -2.39. The minimum atomic E-state index is -4.16. The Labute approximate surface area is 136 Å². The Hall–Kier alpha value is -1.02. The molecule has 1 aliphatic rings. The van der Waals surface area contributed by atoms with Crippen molar-refractivity contribution < 1.29 is 17.9 Å². The van der Waals surface area contributed by atoms with Gasteiger partial charge in [-0.05, 0) is 26.2 Å². The Kier molecular flexibility index (Phi) is 8.68. The number of methoxy groups -OCH3 is 1. The van der Waals surface area contributed by atoms with E-state index in [1.54, 1.807) is 14.2 Å². The van der Waals surface area contributed by atoms with Crippen LogP contribution >= 0.6 is 0 Å². The number of guanidine groups is 1. The van der Waals surface area contributed by atoms with Gasteiger partial charge in [0.05, 0.1) is 0 Å². The summed E-state index contributed by atoms with van der Waals surface area (Å²) in [5.74, 6) is 0.774. The van der Waals surface area contributed by atoms with Crippen molar-refractivity contribution in [3.63, 3.8) is 0 Å². The van der Waals surface area contributed by atoms with E-state index in [0.717, 1.165) is 38.4 Å². The predicted octanol–water partition coefficient (Wildman–Crippen LogP) is 1.95. The first-order valence-corrected chi connectivity index (χ1v) is 8.15. The number of unbranched alkanes of at least 4 members (excludes halogenated alkanes) is 2. The van der Waals surface area contributed by atoms with Crippen LogP contribution in [0.15, 0.2) is 4.99 Å². The van der Waals surface area contributed by atoms with Crippen LogP contribution in [0.5, 0.6) is 0 Å². The van der Waals surface area contributed by atoms with E-state index in [1.165, 1.54) is 11.8 Å². The molecule has 0 spiro atoms. The number of hydrogen-bond donors (Lipinski definition) is 1. The van der Waals surface area contributed by atoms with Crippen molar-refractivity contribution in [2.75, 3.05) is 53.5 Å². The fourth-order valence-corrected chi connectivity index (χ4v) is 2.61. The van der Waals surface area contributed by atoms with Crippen molar-refractivity contribution in [3.05, 3.63) is 0 Å². The van der Waals surface area contributed by atoms with E-state index in [2.05, 4.69) is 10.3 Å². The van der Waals surface area contributed by atoms with Crippen LogP contribution in [0.2, 0.25) is 0 Å². The first-order chi connectivity index (χ1) is 10.9. The second kappa shape index (κ2) is 9.97. The molecule has 5 nitrogen and oxygen atoms in total. The Morgan fingerprint density at radius 2 is 1.83 bits per heavy atom. The lowest BCUT2D eigenvalue weighted by atomic mass is 10.2. The Balaban J connectivity index is 2.31. The van der Waals surface area contributed by atoms with Gasteiger partial charge in [-0.1, -0.05) is 0 Å². The molecule has 0 radical (unpaired) electrons. The number of nitrogens with one attached hydrogen (secondary N) is 1. The summed E-state index contributed by atoms with van der Waals surface area (Å²) in [4.78, 5) is 7.73. The molecule has 23 heavy (non-hydrogen) atoms. The van der Waals surface area contributed by atoms with Crippen molar-refractivity contribution in [2.45, 2.75) is 38.4 Å². The van der Waals surface area contributed by atoms with Crippen molar-refractivity contribution in [3.8, 4) is 0 Å². The third-order valence-corrected chi connectivity index (χ3v) is 4.16. The van der Waals surface area contributed by atoms with Gasteiger partial charge in [0, 0.05) is 53.5 Å². The highest BCUT2D eigenvalue weighted by Crippen LogP contribution is 2.25. The summed E-state index contributed by atoms with van der Waals surface area (Å²) in [6.07, 6.45) is -1.03. The van der Waals surface area contributed by atoms with E-state index >= 15 is 0 Å². The highest BCUT2D eigenvalue weighted by atomic mass is 19.4. The van der Waals surface area contributed by atoms with Gasteiger partial charge in [0.2, 0.25) is 0 Å². The minimum Gasteiger partial charge on any atom is -0.385 e. The molecule has 1 saturated heterocycles. The predicted molar refractivity (Wildman–Crippen MR) is 85.8 cm³/mol. The van der Waals surface area contributed by atoms with Gasteiger partial charge in [-0.2, -0.15) is 13.2 Å². The fourth-order valence-electron chi connectivity index (χ4n) is 2.61. The number of piperazine rings is 1. The largest absolute Gasteiger partial charge is 0.403 e. The normalized spacial score (nSPS) is 19.0. The van der Waals surface area contributed by atoms with E-state index in [-0.39, 0.29) is 0 Å². The van der Waals surface area contributed by atoms with Crippen LogP contribution in [0.4, 0.5) is 13.2 Å². The number of nitrogens with zero attached hydrogens (tertiary/aromatic N) is 3. The zero-order valence-electron chi connectivity index (χ0n) is 14.3. The lowest BCUT2D eigenvalue weighted by Crippen LogP contribution is -2.56. The monoisotopic (exact) mass is 338 g/mol. The number of hydrogen-bond acceptors (Lipinski definition) is 3. The number of halogens is 3. The van der Waals surface area contributed by atoms with Gasteiger partial charge in [-0.25, -0.2) is 0 Å². The lowest BCUT2D eigenvalue weighted by molar-refractivity contribution is -0.181. The third-order valence-electron chi connectivity index (χ3n) is 4.16. The van der Waals surface area contributed by atoms with E-state index < -0.39 is 12.2 Å². The van der Waals surface area contributed by atoms with E-state index in [0.29, 0.717) is 26.2 Å². The summed E-state index contributed by atoms with van der Waals surface area (Å²) in [6, 6.07) is -1.39. The molecule has 1 unspecified atom stereocenters. The van der Waals surface area contributed by atoms with Gasteiger partial charge < -0.3 is 15.0 Å².